The van der Waals surface area contributed by atoms with Gasteiger partial charge >= 0.3 is 5.69 Å². The van der Waals surface area contributed by atoms with Crippen LogP contribution in [0.15, 0.2) is 15.8 Å². The third-order valence-corrected chi connectivity index (χ3v) is 5.21. The average molecular weight is 398 g/mol. The van der Waals surface area contributed by atoms with E-state index in [0.29, 0.717) is 18.6 Å². The molecule has 160 valence electrons. The molecule has 0 spiro atoms. The second-order valence-corrected chi connectivity index (χ2v) is 7.56. The molecule has 0 aromatic carbocycles. The van der Waals surface area contributed by atoms with Crippen LogP contribution >= 0.6 is 0 Å². The normalized spacial score (nSPS) is 22.0. The van der Waals surface area contributed by atoms with Crippen molar-refractivity contribution >= 4 is 0 Å². The van der Waals surface area contributed by atoms with Gasteiger partial charge in [-0.1, -0.05) is 51.9 Å². The minimum Gasteiger partial charge on any atom is -0.394 e. The second-order valence-electron chi connectivity index (χ2n) is 7.56. The molecule has 28 heavy (non-hydrogen) atoms. The molecular weight excluding hydrogens is 362 g/mol. The summed E-state index contributed by atoms with van der Waals surface area (Å²) in [6.45, 7) is 2.75. The van der Waals surface area contributed by atoms with Gasteiger partial charge in [0.05, 0.1) is 24.9 Å². The summed E-state index contributed by atoms with van der Waals surface area (Å²) in [7, 11) is 0. The van der Waals surface area contributed by atoms with E-state index >= 15 is 0 Å². The Morgan fingerprint density at radius 3 is 2.54 bits per heavy atom. The van der Waals surface area contributed by atoms with Crippen molar-refractivity contribution in [3.8, 4) is 0 Å². The summed E-state index contributed by atoms with van der Waals surface area (Å²) in [4.78, 5) is 26.4. The van der Waals surface area contributed by atoms with Gasteiger partial charge in [0.25, 0.3) is 5.56 Å². The number of aliphatic hydroxyl groups excluding tert-OH is 1. The standard InChI is InChI=1S/C20H35N3O5/c1-2-3-4-5-6-7-8-9-10-27-14-15-12-23(20(26)22-19(15)25)18-11-16(21)17(13-24)28-18/h12,16-18,24H,2-11,13-14,21H2,1H3,(H,22,25,26)/t16-,17+,18+/m0/s1. The molecule has 8 heteroatoms. The van der Waals surface area contributed by atoms with Crippen molar-refractivity contribution in [2.45, 2.75) is 89.7 Å². The fourth-order valence-electron chi connectivity index (χ4n) is 3.46. The van der Waals surface area contributed by atoms with E-state index in [4.69, 9.17) is 15.2 Å². The van der Waals surface area contributed by atoms with E-state index in [1.54, 1.807) is 0 Å². The highest BCUT2D eigenvalue weighted by molar-refractivity contribution is 5.04. The second kappa shape index (κ2) is 12.2. The van der Waals surface area contributed by atoms with Crippen molar-refractivity contribution in [1.29, 1.82) is 0 Å². The van der Waals surface area contributed by atoms with Crippen molar-refractivity contribution in [3.05, 3.63) is 32.6 Å². The quantitative estimate of drug-likeness (QED) is 0.437. The number of nitrogens with two attached hydrogens (primary N) is 1. The van der Waals surface area contributed by atoms with Crippen LogP contribution < -0.4 is 17.0 Å². The zero-order valence-corrected chi connectivity index (χ0v) is 16.9. The SMILES string of the molecule is CCCCCCCCCCOCc1cn([C@H]2C[C@H](N)[C@@H](CO)O2)c(=O)[nH]c1=O. The molecule has 0 saturated carbocycles. The molecule has 2 heterocycles. The summed E-state index contributed by atoms with van der Waals surface area (Å²) in [5.74, 6) is 0. The van der Waals surface area contributed by atoms with Crippen LogP contribution in [0.3, 0.4) is 0 Å². The lowest BCUT2D eigenvalue weighted by atomic mass is 10.1. The molecule has 1 aliphatic heterocycles. The van der Waals surface area contributed by atoms with E-state index in [1.807, 2.05) is 0 Å². The first-order valence-corrected chi connectivity index (χ1v) is 10.5. The third-order valence-electron chi connectivity index (χ3n) is 5.21. The summed E-state index contributed by atoms with van der Waals surface area (Å²) in [5, 5.41) is 9.26. The van der Waals surface area contributed by atoms with Crippen molar-refractivity contribution < 1.29 is 14.6 Å². The molecule has 1 aliphatic rings. The van der Waals surface area contributed by atoms with E-state index in [0.717, 1.165) is 12.8 Å². The van der Waals surface area contributed by atoms with Crippen LogP contribution in [0, 0.1) is 0 Å². The lowest BCUT2D eigenvalue weighted by Gasteiger charge is -2.15. The maximum atomic E-state index is 12.1. The Morgan fingerprint density at radius 1 is 1.21 bits per heavy atom. The molecular formula is C20H35N3O5. The van der Waals surface area contributed by atoms with Crippen LogP contribution in [0.5, 0.6) is 0 Å². The molecule has 1 fully saturated rings. The van der Waals surface area contributed by atoms with Crippen LogP contribution in [-0.4, -0.2) is 40.0 Å². The van der Waals surface area contributed by atoms with Crippen molar-refractivity contribution in [3.63, 3.8) is 0 Å². The van der Waals surface area contributed by atoms with Crippen molar-refractivity contribution in [2.24, 2.45) is 5.73 Å². The van der Waals surface area contributed by atoms with Gasteiger partial charge in [0.15, 0.2) is 0 Å². The highest BCUT2D eigenvalue weighted by Crippen LogP contribution is 2.26. The molecule has 1 saturated heterocycles. The van der Waals surface area contributed by atoms with Gasteiger partial charge in [0.1, 0.15) is 6.23 Å². The number of aromatic nitrogens is 2. The lowest BCUT2D eigenvalue weighted by Crippen LogP contribution is -2.34. The number of nitrogens with zero attached hydrogens (tertiary/aromatic N) is 1. The van der Waals surface area contributed by atoms with Crippen LogP contribution in [-0.2, 0) is 16.1 Å². The van der Waals surface area contributed by atoms with Gasteiger partial charge in [0, 0.05) is 25.3 Å². The summed E-state index contributed by atoms with van der Waals surface area (Å²) in [6.07, 6.45) is 10.5. The molecule has 0 amide bonds. The average Bonchev–Trinajstić information content (AvgIpc) is 3.05. The van der Waals surface area contributed by atoms with E-state index in [2.05, 4.69) is 11.9 Å². The summed E-state index contributed by atoms with van der Waals surface area (Å²) in [6, 6.07) is -0.351. The predicted molar refractivity (Wildman–Crippen MR) is 107 cm³/mol. The van der Waals surface area contributed by atoms with E-state index in [1.165, 1.54) is 49.3 Å². The van der Waals surface area contributed by atoms with E-state index in [-0.39, 0.29) is 19.3 Å². The van der Waals surface area contributed by atoms with Crippen LogP contribution in [0.2, 0.25) is 0 Å². The number of H-pyrrole nitrogens is 1. The fourth-order valence-corrected chi connectivity index (χ4v) is 3.46. The molecule has 4 N–H and O–H groups in total. The van der Waals surface area contributed by atoms with Gasteiger partial charge in [-0.3, -0.25) is 14.3 Å². The smallest absolute Gasteiger partial charge is 0.330 e. The van der Waals surface area contributed by atoms with Gasteiger partial charge in [-0.2, -0.15) is 0 Å². The molecule has 1 aromatic heterocycles. The number of hydrogen-bond acceptors (Lipinski definition) is 6. The Labute approximate surface area is 166 Å². The molecule has 0 bridgehead atoms. The highest BCUT2D eigenvalue weighted by atomic mass is 16.5. The van der Waals surface area contributed by atoms with Crippen LogP contribution in [0.4, 0.5) is 0 Å². The van der Waals surface area contributed by atoms with Crippen molar-refractivity contribution in [1.82, 2.24) is 9.55 Å². The number of aliphatic hydroxyl groups is 1. The molecule has 3 atom stereocenters. The predicted octanol–water partition coefficient (Wildman–Crippen LogP) is 1.80. The largest absolute Gasteiger partial charge is 0.394 e. The van der Waals surface area contributed by atoms with Gasteiger partial charge < -0.3 is 20.3 Å². The number of aromatic amines is 1. The molecule has 0 unspecified atom stereocenters. The fraction of sp³-hybridized carbons (Fsp3) is 0.800. The minimum absolute atomic E-state index is 0.147. The Morgan fingerprint density at radius 2 is 1.89 bits per heavy atom. The van der Waals surface area contributed by atoms with Gasteiger partial charge in [-0.05, 0) is 6.42 Å². The van der Waals surface area contributed by atoms with Gasteiger partial charge in [-0.15, -0.1) is 0 Å². The van der Waals surface area contributed by atoms with Crippen molar-refractivity contribution in [2.75, 3.05) is 13.2 Å². The summed E-state index contributed by atoms with van der Waals surface area (Å²) in [5.41, 5.74) is 5.29. The number of rotatable bonds is 13. The molecule has 0 radical (unpaired) electrons. The minimum atomic E-state index is -0.594. The number of unbranched alkanes of at least 4 members (excludes halogenated alkanes) is 7. The highest BCUT2D eigenvalue weighted by Gasteiger charge is 2.34. The van der Waals surface area contributed by atoms with Gasteiger partial charge in [-0.25, -0.2) is 4.79 Å². The lowest BCUT2D eigenvalue weighted by molar-refractivity contribution is -0.0274. The number of nitrogens with one attached hydrogen (secondary N) is 1. The van der Waals surface area contributed by atoms with Gasteiger partial charge in [0.2, 0.25) is 0 Å². The number of hydrogen-bond donors (Lipinski definition) is 3. The Kier molecular flexibility index (Phi) is 9.91. The first-order valence-electron chi connectivity index (χ1n) is 10.5. The summed E-state index contributed by atoms with van der Waals surface area (Å²) < 4.78 is 12.6. The monoisotopic (exact) mass is 397 g/mol. The number of ether oxygens (including phenoxy) is 2. The molecule has 2 rings (SSSR count). The first kappa shape index (κ1) is 22.8. The topological polar surface area (TPSA) is 120 Å². The Hall–Kier alpha value is -1.48. The maximum absolute atomic E-state index is 12.1. The van der Waals surface area contributed by atoms with E-state index in [9.17, 15) is 14.7 Å². The molecule has 8 nitrogen and oxygen atoms in total. The Bertz CT molecular complexity index is 687. The zero-order chi connectivity index (χ0) is 20.4. The van der Waals surface area contributed by atoms with E-state index < -0.39 is 23.6 Å². The third kappa shape index (κ3) is 6.84. The Balaban J connectivity index is 1.77. The summed E-state index contributed by atoms with van der Waals surface area (Å²) >= 11 is 0. The molecule has 0 aliphatic carbocycles. The first-order chi connectivity index (χ1) is 13.6. The van der Waals surface area contributed by atoms with Crippen LogP contribution in [0.25, 0.3) is 0 Å². The van der Waals surface area contributed by atoms with Crippen LogP contribution in [0.1, 0.15) is 76.5 Å². The maximum Gasteiger partial charge on any atom is 0.330 e. The zero-order valence-electron chi connectivity index (χ0n) is 16.9. The molecule has 1 aromatic rings.